The van der Waals surface area contributed by atoms with Gasteiger partial charge in [-0.3, -0.25) is 9.78 Å². The van der Waals surface area contributed by atoms with Crippen molar-refractivity contribution in [2.75, 3.05) is 0 Å². The number of rotatable bonds is 3. The Labute approximate surface area is 153 Å². The number of benzene rings is 2. The lowest BCUT2D eigenvalue weighted by Gasteiger charge is -2.05. The summed E-state index contributed by atoms with van der Waals surface area (Å²) < 4.78 is 23.9. The highest BCUT2D eigenvalue weighted by Crippen LogP contribution is 2.35. The number of aromatic nitrogens is 1. The molecule has 0 fully saturated rings. The van der Waals surface area contributed by atoms with Gasteiger partial charge < -0.3 is 9.47 Å². The third-order valence-electron chi connectivity index (χ3n) is 3.92. The molecular weight excluding hydrogens is 349 g/mol. The van der Waals surface area contributed by atoms with Crippen molar-refractivity contribution in [2.45, 2.75) is 0 Å². The number of fused-ring (bicyclic) bond motifs is 1. The summed E-state index contributed by atoms with van der Waals surface area (Å²) in [5.41, 5.74) is 1.31. The number of pyridine rings is 1. The summed E-state index contributed by atoms with van der Waals surface area (Å²) in [4.78, 5) is 28.4. The Kier molecular flexibility index (Phi) is 4.22. The minimum atomic E-state index is -0.561. The van der Waals surface area contributed by atoms with Crippen molar-refractivity contribution in [1.29, 1.82) is 0 Å². The second kappa shape index (κ2) is 6.84. The largest absolute Gasteiger partial charge is 0.452 e. The fourth-order valence-corrected chi connectivity index (χ4v) is 2.59. The van der Waals surface area contributed by atoms with E-state index in [1.54, 1.807) is 30.5 Å². The normalized spacial score (nSPS) is 14.0. The molecule has 0 atom stereocenters. The van der Waals surface area contributed by atoms with Crippen molar-refractivity contribution >= 4 is 17.8 Å². The van der Waals surface area contributed by atoms with Gasteiger partial charge in [0.1, 0.15) is 17.3 Å². The molecule has 0 unspecified atom stereocenters. The van der Waals surface area contributed by atoms with E-state index in [4.69, 9.17) is 9.47 Å². The molecule has 4 rings (SSSR count). The second-order valence-electron chi connectivity index (χ2n) is 5.78. The average Bonchev–Trinajstić information content (AvgIpc) is 2.99. The molecular formula is C21H12FNO4. The van der Waals surface area contributed by atoms with Crippen LogP contribution >= 0.6 is 0 Å². The number of halogens is 1. The molecule has 0 spiro atoms. The number of hydrogen-bond acceptors (Lipinski definition) is 5. The van der Waals surface area contributed by atoms with Gasteiger partial charge in [0.05, 0.1) is 11.1 Å². The fraction of sp³-hybridized carbons (Fsp3) is 0. The van der Waals surface area contributed by atoms with Crippen LogP contribution in [0, 0.1) is 5.82 Å². The van der Waals surface area contributed by atoms with Crippen LogP contribution in [0.3, 0.4) is 0 Å². The third kappa shape index (κ3) is 3.46. The predicted octanol–water partition coefficient (Wildman–Crippen LogP) is 4.06. The van der Waals surface area contributed by atoms with Crippen LogP contribution in [0.25, 0.3) is 6.08 Å². The number of esters is 1. The van der Waals surface area contributed by atoms with Gasteiger partial charge in [-0.25, -0.2) is 9.18 Å². The molecule has 6 heteroatoms. The van der Waals surface area contributed by atoms with Crippen LogP contribution in [-0.4, -0.2) is 16.7 Å². The number of Topliss-reactive ketones (excluding diaryl/α,β-unsaturated/α-hetero) is 1. The van der Waals surface area contributed by atoms with Crippen LogP contribution in [0.1, 0.15) is 26.3 Å². The lowest BCUT2D eigenvalue weighted by atomic mass is 10.1. The maximum absolute atomic E-state index is 13.0. The van der Waals surface area contributed by atoms with Crippen molar-refractivity contribution < 1.29 is 23.5 Å². The fourth-order valence-electron chi connectivity index (χ4n) is 2.59. The van der Waals surface area contributed by atoms with Crippen LogP contribution in [0.5, 0.6) is 11.5 Å². The van der Waals surface area contributed by atoms with Crippen LogP contribution < -0.4 is 9.47 Å². The summed E-state index contributed by atoms with van der Waals surface area (Å²) in [6, 6.07) is 13.5. The smallest absolute Gasteiger partial charge is 0.345 e. The van der Waals surface area contributed by atoms with E-state index >= 15 is 0 Å². The molecule has 0 saturated heterocycles. The highest BCUT2D eigenvalue weighted by molar-refractivity contribution is 6.14. The van der Waals surface area contributed by atoms with Crippen molar-refractivity contribution in [3.63, 3.8) is 0 Å². The van der Waals surface area contributed by atoms with Crippen LogP contribution in [-0.2, 0) is 0 Å². The van der Waals surface area contributed by atoms with Crippen LogP contribution in [0.4, 0.5) is 4.39 Å². The van der Waals surface area contributed by atoms with Gasteiger partial charge in [0.25, 0.3) is 0 Å². The van der Waals surface area contributed by atoms with Crippen molar-refractivity contribution in [1.82, 2.24) is 4.98 Å². The highest BCUT2D eigenvalue weighted by atomic mass is 19.1. The molecule has 0 aliphatic carbocycles. The van der Waals surface area contributed by atoms with E-state index < -0.39 is 5.97 Å². The third-order valence-corrected chi connectivity index (χ3v) is 3.92. The molecule has 2 heterocycles. The standard InChI is InChI=1S/C21H12FNO4/c22-15-5-3-13(4-6-15)10-19-20(24)17-8-7-16(11-18(17)27-19)26-21(25)14-2-1-9-23-12-14/h1-12H/b19-10-. The summed E-state index contributed by atoms with van der Waals surface area (Å²) in [6.07, 6.45) is 4.49. The Balaban J connectivity index is 1.55. The summed E-state index contributed by atoms with van der Waals surface area (Å²) in [7, 11) is 0. The molecule has 5 nitrogen and oxygen atoms in total. The highest BCUT2D eigenvalue weighted by Gasteiger charge is 2.28. The van der Waals surface area contributed by atoms with Crippen molar-refractivity contribution in [2.24, 2.45) is 0 Å². The Bertz CT molecular complexity index is 1060. The SMILES string of the molecule is O=C(Oc1ccc2c(c1)O/C(=C\c1ccc(F)cc1)C2=O)c1cccnc1. The maximum Gasteiger partial charge on any atom is 0.345 e. The zero-order valence-corrected chi connectivity index (χ0v) is 13.9. The van der Waals surface area contributed by atoms with Crippen LogP contribution in [0.2, 0.25) is 0 Å². The van der Waals surface area contributed by atoms with Gasteiger partial charge in [0.2, 0.25) is 5.78 Å². The van der Waals surface area contributed by atoms with Gasteiger partial charge in [-0.05, 0) is 48.0 Å². The first kappa shape index (κ1) is 16.7. The number of ether oxygens (including phenoxy) is 2. The maximum atomic E-state index is 13.0. The van der Waals surface area contributed by atoms with E-state index in [0.29, 0.717) is 22.4 Å². The molecule has 1 aromatic heterocycles. The first-order chi connectivity index (χ1) is 13.1. The zero-order chi connectivity index (χ0) is 18.8. The minimum absolute atomic E-state index is 0.118. The Morgan fingerprint density at radius 1 is 1.11 bits per heavy atom. The van der Waals surface area contributed by atoms with Gasteiger partial charge in [-0.2, -0.15) is 0 Å². The molecule has 0 amide bonds. The van der Waals surface area contributed by atoms with Crippen molar-refractivity contribution in [3.05, 3.63) is 95.3 Å². The molecule has 1 aliphatic heterocycles. The van der Waals surface area contributed by atoms with E-state index in [2.05, 4.69) is 4.98 Å². The average molecular weight is 361 g/mol. The van der Waals surface area contributed by atoms with Gasteiger partial charge in [-0.1, -0.05) is 12.1 Å². The second-order valence-corrected chi connectivity index (χ2v) is 5.78. The molecule has 0 N–H and O–H groups in total. The number of nitrogens with zero attached hydrogens (tertiary/aromatic N) is 1. The summed E-state index contributed by atoms with van der Waals surface area (Å²) in [5.74, 6) is -0.552. The molecule has 3 aromatic rings. The summed E-state index contributed by atoms with van der Waals surface area (Å²) in [5, 5.41) is 0. The van der Waals surface area contributed by atoms with E-state index in [1.807, 2.05) is 0 Å². The van der Waals surface area contributed by atoms with E-state index in [9.17, 15) is 14.0 Å². The summed E-state index contributed by atoms with van der Waals surface area (Å²) >= 11 is 0. The van der Waals surface area contributed by atoms with Crippen molar-refractivity contribution in [3.8, 4) is 11.5 Å². The molecule has 27 heavy (non-hydrogen) atoms. The van der Waals surface area contributed by atoms with Gasteiger partial charge in [0.15, 0.2) is 5.76 Å². The lowest BCUT2D eigenvalue weighted by molar-refractivity contribution is 0.0734. The van der Waals surface area contributed by atoms with E-state index in [1.165, 1.54) is 42.6 Å². The Hall–Kier alpha value is -3.80. The monoisotopic (exact) mass is 361 g/mol. The Morgan fingerprint density at radius 2 is 1.93 bits per heavy atom. The molecule has 2 aromatic carbocycles. The number of ketones is 1. The topological polar surface area (TPSA) is 65.5 Å². The number of hydrogen-bond donors (Lipinski definition) is 0. The first-order valence-corrected chi connectivity index (χ1v) is 8.06. The number of carbonyl (C=O) groups excluding carboxylic acids is 2. The van der Waals surface area contributed by atoms with E-state index in [-0.39, 0.29) is 23.1 Å². The van der Waals surface area contributed by atoms with Gasteiger partial charge in [-0.15, -0.1) is 0 Å². The molecule has 1 aliphatic rings. The minimum Gasteiger partial charge on any atom is -0.452 e. The molecule has 0 bridgehead atoms. The number of allylic oxidation sites excluding steroid dienone is 1. The quantitative estimate of drug-likeness (QED) is 0.400. The molecule has 0 saturated carbocycles. The number of carbonyl (C=O) groups is 2. The molecule has 0 radical (unpaired) electrons. The zero-order valence-electron chi connectivity index (χ0n) is 13.9. The Morgan fingerprint density at radius 3 is 2.67 bits per heavy atom. The predicted molar refractivity (Wildman–Crippen MR) is 95.0 cm³/mol. The lowest BCUT2D eigenvalue weighted by Crippen LogP contribution is -2.08. The van der Waals surface area contributed by atoms with Gasteiger partial charge in [0, 0.05) is 18.5 Å². The summed E-state index contributed by atoms with van der Waals surface area (Å²) in [6.45, 7) is 0. The molecule has 132 valence electrons. The van der Waals surface area contributed by atoms with E-state index in [0.717, 1.165) is 0 Å². The first-order valence-electron chi connectivity index (χ1n) is 8.06. The van der Waals surface area contributed by atoms with Gasteiger partial charge >= 0.3 is 5.97 Å². The van der Waals surface area contributed by atoms with Crippen LogP contribution in [0.15, 0.2) is 72.8 Å².